The second-order valence-corrected chi connectivity index (χ2v) is 6.29. The second-order valence-electron chi connectivity index (χ2n) is 6.29. The molecule has 0 aliphatic heterocycles. The zero-order valence-corrected chi connectivity index (χ0v) is 14.4. The van der Waals surface area contributed by atoms with Gasteiger partial charge in [0.2, 0.25) is 17.7 Å². The molecule has 4 N–H and O–H groups in total. The fourth-order valence-corrected chi connectivity index (χ4v) is 3.00. The van der Waals surface area contributed by atoms with Crippen LogP contribution in [0.1, 0.15) is 38.5 Å². The van der Waals surface area contributed by atoms with Crippen molar-refractivity contribution in [1.29, 1.82) is 0 Å². The van der Waals surface area contributed by atoms with E-state index in [0.717, 1.165) is 12.8 Å². The Balaban J connectivity index is 1.71. The number of benzene rings is 1. The highest BCUT2D eigenvalue weighted by Crippen LogP contribution is 2.30. The maximum atomic E-state index is 12.1. The molecule has 8 heteroatoms. The predicted octanol–water partition coefficient (Wildman–Crippen LogP) is 1.44. The van der Waals surface area contributed by atoms with Crippen LogP contribution in [-0.2, 0) is 19.2 Å². The maximum absolute atomic E-state index is 12.1. The first-order valence-electron chi connectivity index (χ1n) is 8.64. The minimum absolute atomic E-state index is 0.0300. The number of para-hydroxylation sites is 1. The maximum Gasteiger partial charge on any atom is 0.307 e. The SMILES string of the molecule is O=C(CCC(=O)Nc1ccccc1)NNC(=O)[C@H]1CCCC[C@H]1C(=O)O. The Morgan fingerprint density at radius 1 is 0.885 bits per heavy atom. The molecule has 1 aromatic carbocycles. The van der Waals surface area contributed by atoms with E-state index in [-0.39, 0.29) is 18.7 Å². The molecule has 140 valence electrons. The largest absolute Gasteiger partial charge is 0.481 e. The number of carbonyl (C=O) groups is 4. The van der Waals surface area contributed by atoms with Gasteiger partial charge in [-0.3, -0.25) is 30.0 Å². The average molecular weight is 361 g/mol. The lowest BCUT2D eigenvalue weighted by Crippen LogP contribution is -2.48. The highest BCUT2D eigenvalue weighted by Gasteiger charge is 2.35. The minimum Gasteiger partial charge on any atom is -0.481 e. The zero-order valence-electron chi connectivity index (χ0n) is 14.4. The molecular formula is C18H23N3O5. The van der Waals surface area contributed by atoms with E-state index in [1.165, 1.54) is 0 Å². The molecule has 2 atom stereocenters. The van der Waals surface area contributed by atoms with Gasteiger partial charge in [-0.05, 0) is 25.0 Å². The summed E-state index contributed by atoms with van der Waals surface area (Å²) in [5.74, 6) is -3.69. The van der Waals surface area contributed by atoms with Crippen LogP contribution in [0.25, 0.3) is 0 Å². The van der Waals surface area contributed by atoms with Crippen molar-refractivity contribution >= 4 is 29.4 Å². The summed E-state index contributed by atoms with van der Waals surface area (Å²) >= 11 is 0. The number of carbonyl (C=O) groups excluding carboxylic acids is 3. The van der Waals surface area contributed by atoms with Crippen LogP contribution in [0.15, 0.2) is 30.3 Å². The number of hydrazine groups is 1. The van der Waals surface area contributed by atoms with Gasteiger partial charge in [0.15, 0.2) is 0 Å². The number of aliphatic carboxylic acids is 1. The van der Waals surface area contributed by atoms with E-state index in [4.69, 9.17) is 0 Å². The molecule has 0 unspecified atom stereocenters. The van der Waals surface area contributed by atoms with E-state index in [1.54, 1.807) is 24.3 Å². The van der Waals surface area contributed by atoms with Crippen LogP contribution >= 0.6 is 0 Å². The molecule has 1 aliphatic rings. The summed E-state index contributed by atoms with van der Waals surface area (Å²) in [4.78, 5) is 46.9. The van der Waals surface area contributed by atoms with Crippen LogP contribution in [0.2, 0.25) is 0 Å². The number of hydrogen-bond donors (Lipinski definition) is 4. The highest BCUT2D eigenvalue weighted by atomic mass is 16.4. The van der Waals surface area contributed by atoms with Crippen molar-refractivity contribution in [2.75, 3.05) is 5.32 Å². The van der Waals surface area contributed by atoms with Gasteiger partial charge in [-0.15, -0.1) is 0 Å². The fraction of sp³-hybridized carbons (Fsp3) is 0.444. The van der Waals surface area contributed by atoms with Crippen molar-refractivity contribution in [3.8, 4) is 0 Å². The van der Waals surface area contributed by atoms with Crippen molar-refractivity contribution in [3.05, 3.63) is 30.3 Å². The molecule has 0 aromatic heterocycles. The normalized spacial score (nSPS) is 19.2. The van der Waals surface area contributed by atoms with E-state index in [2.05, 4.69) is 16.2 Å². The van der Waals surface area contributed by atoms with Gasteiger partial charge in [0.25, 0.3) is 0 Å². The Kier molecular flexibility index (Phi) is 7.13. The predicted molar refractivity (Wildman–Crippen MR) is 93.7 cm³/mol. The number of carboxylic acid groups (broad SMARTS) is 1. The molecule has 0 heterocycles. The van der Waals surface area contributed by atoms with E-state index in [0.29, 0.717) is 18.5 Å². The number of rotatable bonds is 6. The van der Waals surface area contributed by atoms with Crippen molar-refractivity contribution in [2.45, 2.75) is 38.5 Å². The first-order chi connectivity index (χ1) is 12.5. The number of hydrogen-bond acceptors (Lipinski definition) is 4. The Labute approximate surface area is 151 Å². The van der Waals surface area contributed by atoms with Gasteiger partial charge in [-0.25, -0.2) is 0 Å². The standard InChI is InChI=1S/C18H23N3O5/c22-15(19-12-6-2-1-3-7-12)10-11-16(23)20-21-17(24)13-8-4-5-9-14(13)18(25)26/h1-3,6-7,13-14H,4-5,8-11H2,(H,19,22)(H,20,23)(H,21,24)(H,25,26)/t13-,14+/m0/s1. The van der Waals surface area contributed by atoms with Crippen molar-refractivity contribution in [2.24, 2.45) is 11.8 Å². The van der Waals surface area contributed by atoms with Crippen LogP contribution in [0.5, 0.6) is 0 Å². The van der Waals surface area contributed by atoms with Gasteiger partial charge in [-0.1, -0.05) is 31.0 Å². The van der Waals surface area contributed by atoms with Crippen molar-refractivity contribution < 1.29 is 24.3 Å². The van der Waals surface area contributed by atoms with Gasteiger partial charge in [0, 0.05) is 18.5 Å². The Hall–Kier alpha value is -2.90. The summed E-state index contributed by atoms with van der Waals surface area (Å²) in [6, 6.07) is 8.87. The Morgan fingerprint density at radius 3 is 2.15 bits per heavy atom. The summed E-state index contributed by atoms with van der Waals surface area (Å²) in [5, 5.41) is 11.9. The summed E-state index contributed by atoms with van der Waals surface area (Å²) in [6.07, 6.45) is 2.39. The monoisotopic (exact) mass is 361 g/mol. The fourth-order valence-electron chi connectivity index (χ4n) is 3.00. The lowest BCUT2D eigenvalue weighted by molar-refractivity contribution is -0.149. The first kappa shape index (κ1) is 19.4. The molecule has 8 nitrogen and oxygen atoms in total. The van der Waals surface area contributed by atoms with Gasteiger partial charge in [-0.2, -0.15) is 0 Å². The van der Waals surface area contributed by atoms with E-state index >= 15 is 0 Å². The molecular weight excluding hydrogens is 338 g/mol. The summed E-state index contributed by atoms with van der Waals surface area (Å²) < 4.78 is 0. The topological polar surface area (TPSA) is 125 Å². The lowest BCUT2D eigenvalue weighted by Gasteiger charge is -2.27. The number of nitrogens with one attached hydrogen (secondary N) is 3. The summed E-state index contributed by atoms with van der Waals surface area (Å²) in [7, 11) is 0. The van der Waals surface area contributed by atoms with Crippen LogP contribution in [0, 0.1) is 11.8 Å². The molecule has 2 rings (SSSR count). The Morgan fingerprint density at radius 2 is 1.50 bits per heavy atom. The quantitative estimate of drug-likeness (QED) is 0.571. The van der Waals surface area contributed by atoms with E-state index < -0.39 is 29.6 Å². The summed E-state index contributed by atoms with van der Waals surface area (Å²) in [5.41, 5.74) is 5.17. The van der Waals surface area contributed by atoms with Crippen LogP contribution < -0.4 is 16.2 Å². The Bertz CT molecular complexity index is 662. The van der Waals surface area contributed by atoms with Gasteiger partial charge >= 0.3 is 5.97 Å². The number of anilines is 1. The van der Waals surface area contributed by atoms with Crippen molar-refractivity contribution in [1.82, 2.24) is 10.9 Å². The third-order valence-electron chi connectivity index (χ3n) is 4.38. The number of carboxylic acids is 1. The molecule has 3 amide bonds. The third-order valence-corrected chi connectivity index (χ3v) is 4.38. The van der Waals surface area contributed by atoms with Crippen LogP contribution in [0.3, 0.4) is 0 Å². The first-order valence-corrected chi connectivity index (χ1v) is 8.64. The van der Waals surface area contributed by atoms with Crippen LogP contribution in [-0.4, -0.2) is 28.8 Å². The van der Waals surface area contributed by atoms with E-state index in [1.807, 2.05) is 6.07 Å². The van der Waals surface area contributed by atoms with E-state index in [9.17, 15) is 24.3 Å². The van der Waals surface area contributed by atoms with Gasteiger partial charge in [0.05, 0.1) is 11.8 Å². The van der Waals surface area contributed by atoms with Gasteiger partial charge < -0.3 is 10.4 Å². The molecule has 1 aromatic rings. The highest BCUT2D eigenvalue weighted by molar-refractivity contribution is 5.93. The average Bonchev–Trinajstić information content (AvgIpc) is 2.65. The van der Waals surface area contributed by atoms with Crippen molar-refractivity contribution in [3.63, 3.8) is 0 Å². The molecule has 0 radical (unpaired) electrons. The molecule has 0 spiro atoms. The molecule has 0 bridgehead atoms. The lowest BCUT2D eigenvalue weighted by atomic mass is 9.79. The molecule has 1 saturated carbocycles. The molecule has 1 fully saturated rings. The third kappa shape index (κ3) is 5.87. The molecule has 26 heavy (non-hydrogen) atoms. The molecule has 0 saturated heterocycles. The number of amides is 3. The molecule has 1 aliphatic carbocycles. The smallest absolute Gasteiger partial charge is 0.307 e. The second kappa shape index (κ2) is 9.55. The summed E-state index contributed by atoms with van der Waals surface area (Å²) in [6.45, 7) is 0. The minimum atomic E-state index is -0.992. The zero-order chi connectivity index (χ0) is 18.9. The van der Waals surface area contributed by atoms with Gasteiger partial charge in [0.1, 0.15) is 0 Å². The van der Waals surface area contributed by atoms with Crippen LogP contribution in [0.4, 0.5) is 5.69 Å².